The maximum Gasteiger partial charge on any atom is 0.234 e. The van der Waals surface area contributed by atoms with Crippen molar-refractivity contribution in [3.63, 3.8) is 0 Å². The lowest BCUT2D eigenvalue weighted by Gasteiger charge is -2.33. The number of hydrogen-bond acceptors (Lipinski definition) is 3. The summed E-state index contributed by atoms with van der Waals surface area (Å²) < 4.78 is 0. The zero-order chi connectivity index (χ0) is 15.9. The Labute approximate surface area is 133 Å². The molecule has 0 atom stereocenters. The Bertz CT molecular complexity index is 482. The van der Waals surface area contributed by atoms with Gasteiger partial charge in [-0.3, -0.25) is 9.69 Å². The standard InChI is InChI=1S/C18H28N2O2/c1-14-4-3-5-16(10-14)11-19-18(22)12-20(2)17-8-6-15(13-21)7-9-17/h3-5,10,15,17,21H,6-9,11-13H2,1-2H3,(H,19,22). The van der Waals surface area contributed by atoms with Crippen molar-refractivity contribution in [2.45, 2.75) is 45.2 Å². The molecule has 1 aromatic rings. The maximum absolute atomic E-state index is 12.1. The van der Waals surface area contributed by atoms with Gasteiger partial charge in [0.1, 0.15) is 0 Å². The van der Waals surface area contributed by atoms with Crippen LogP contribution in [0.5, 0.6) is 0 Å². The number of likely N-dealkylation sites (N-methyl/N-ethyl adjacent to an activating group) is 1. The molecule has 1 fully saturated rings. The van der Waals surface area contributed by atoms with Gasteiger partial charge in [0, 0.05) is 19.2 Å². The van der Waals surface area contributed by atoms with Crippen molar-refractivity contribution >= 4 is 5.91 Å². The number of hydrogen-bond donors (Lipinski definition) is 2. The van der Waals surface area contributed by atoms with Gasteiger partial charge in [0.2, 0.25) is 5.91 Å². The van der Waals surface area contributed by atoms with E-state index < -0.39 is 0 Å². The predicted molar refractivity (Wildman–Crippen MR) is 88.5 cm³/mol. The topological polar surface area (TPSA) is 52.6 Å². The minimum atomic E-state index is 0.0771. The Kier molecular flexibility index (Phi) is 6.40. The Balaban J connectivity index is 1.72. The lowest BCUT2D eigenvalue weighted by atomic mass is 9.86. The number of nitrogens with one attached hydrogen (secondary N) is 1. The normalized spacial score (nSPS) is 21.8. The van der Waals surface area contributed by atoms with E-state index in [0.29, 0.717) is 31.7 Å². The van der Waals surface area contributed by atoms with Crippen LogP contribution in [0.15, 0.2) is 24.3 Å². The fourth-order valence-corrected chi connectivity index (χ4v) is 3.20. The number of rotatable bonds is 6. The fraction of sp³-hybridized carbons (Fsp3) is 0.611. The molecular weight excluding hydrogens is 276 g/mol. The van der Waals surface area contributed by atoms with Crippen molar-refractivity contribution in [3.05, 3.63) is 35.4 Å². The highest BCUT2D eigenvalue weighted by Gasteiger charge is 2.24. The third kappa shape index (κ3) is 5.11. The Morgan fingerprint density at radius 3 is 2.68 bits per heavy atom. The zero-order valence-electron chi connectivity index (χ0n) is 13.7. The molecule has 1 aromatic carbocycles. The lowest BCUT2D eigenvalue weighted by Crippen LogP contribution is -2.42. The minimum absolute atomic E-state index is 0.0771. The van der Waals surface area contributed by atoms with Gasteiger partial charge in [-0.15, -0.1) is 0 Å². The average molecular weight is 304 g/mol. The van der Waals surface area contributed by atoms with Crippen molar-refractivity contribution in [1.29, 1.82) is 0 Å². The van der Waals surface area contributed by atoms with Crippen LogP contribution in [0.2, 0.25) is 0 Å². The number of aliphatic hydroxyl groups excluding tert-OH is 1. The molecule has 0 aliphatic heterocycles. The molecule has 1 aliphatic carbocycles. The molecule has 0 spiro atoms. The van der Waals surface area contributed by atoms with Gasteiger partial charge in [0.05, 0.1) is 6.54 Å². The summed E-state index contributed by atoms with van der Waals surface area (Å²) in [5, 5.41) is 12.2. The SMILES string of the molecule is Cc1cccc(CNC(=O)CN(C)C2CCC(CO)CC2)c1. The molecule has 0 saturated heterocycles. The first-order chi connectivity index (χ1) is 10.6. The van der Waals surface area contributed by atoms with Crippen molar-refractivity contribution in [2.24, 2.45) is 5.92 Å². The van der Waals surface area contributed by atoms with Gasteiger partial charge in [-0.2, -0.15) is 0 Å². The van der Waals surface area contributed by atoms with E-state index in [9.17, 15) is 9.90 Å². The zero-order valence-corrected chi connectivity index (χ0v) is 13.7. The molecule has 1 saturated carbocycles. The van der Waals surface area contributed by atoms with Crippen LogP contribution < -0.4 is 5.32 Å². The molecular formula is C18H28N2O2. The lowest BCUT2D eigenvalue weighted by molar-refractivity contribution is -0.122. The summed E-state index contributed by atoms with van der Waals surface area (Å²) >= 11 is 0. The van der Waals surface area contributed by atoms with Crippen LogP contribution in [-0.4, -0.2) is 42.2 Å². The summed E-state index contributed by atoms with van der Waals surface area (Å²) in [5.41, 5.74) is 2.35. The summed E-state index contributed by atoms with van der Waals surface area (Å²) in [6.07, 6.45) is 4.28. The second kappa shape index (κ2) is 8.30. The van der Waals surface area contributed by atoms with E-state index in [4.69, 9.17) is 0 Å². The summed E-state index contributed by atoms with van der Waals surface area (Å²) in [6.45, 7) is 3.39. The maximum atomic E-state index is 12.1. The molecule has 0 radical (unpaired) electrons. The highest BCUT2D eigenvalue weighted by Crippen LogP contribution is 2.26. The number of aryl methyl sites for hydroxylation is 1. The second-order valence-corrected chi connectivity index (χ2v) is 6.54. The summed E-state index contributed by atoms with van der Waals surface area (Å²) in [7, 11) is 2.02. The van der Waals surface area contributed by atoms with E-state index in [1.165, 1.54) is 5.56 Å². The van der Waals surface area contributed by atoms with Gasteiger partial charge in [-0.1, -0.05) is 29.8 Å². The fourth-order valence-electron chi connectivity index (χ4n) is 3.20. The van der Waals surface area contributed by atoms with Gasteiger partial charge >= 0.3 is 0 Å². The van der Waals surface area contributed by atoms with Crippen molar-refractivity contribution in [1.82, 2.24) is 10.2 Å². The number of benzene rings is 1. The van der Waals surface area contributed by atoms with Gasteiger partial charge in [-0.05, 0) is 51.1 Å². The van der Waals surface area contributed by atoms with E-state index in [1.807, 2.05) is 19.2 Å². The number of aliphatic hydroxyl groups is 1. The second-order valence-electron chi connectivity index (χ2n) is 6.54. The molecule has 4 heteroatoms. The minimum Gasteiger partial charge on any atom is -0.396 e. The molecule has 1 aliphatic rings. The van der Waals surface area contributed by atoms with Gasteiger partial charge in [0.15, 0.2) is 0 Å². The van der Waals surface area contributed by atoms with Gasteiger partial charge in [0.25, 0.3) is 0 Å². The Hall–Kier alpha value is -1.39. The van der Waals surface area contributed by atoms with Crippen molar-refractivity contribution in [3.8, 4) is 0 Å². The van der Waals surface area contributed by atoms with Crippen LogP contribution in [0.1, 0.15) is 36.8 Å². The molecule has 2 rings (SSSR count). The third-order valence-corrected chi connectivity index (χ3v) is 4.66. The monoisotopic (exact) mass is 304 g/mol. The van der Waals surface area contributed by atoms with E-state index in [-0.39, 0.29) is 5.91 Å². The van der Waals surface area contributed by atoms with Crippen molar-refractivity contribution in [2.75, 3.05) is 20.2 Å². The van der Waals surface area contributed by atoms with E-state index in [1.54, 1.807) is 0 Å². The van der Waals surface area contributed by atoms with Crippen LogP contribution in [0.25, 0.3) is 0 Å². The van der Waals surface area contributed by atoms with E-state index in [2.05, 4.69) is 29.3 Å². The summed E-state index contributed by atoms with van der Waals surface area (Å²) in [6, 6.07) is 8.67. The average Bonchev–Trinajstić information content (AvgIpc) is 2.53. The largest absolute Gasteiger partial charge is 0.396 e. The number of carbonyl (C=O) groups excluding carboxylic acids is 1. The number of nitrogens with zero attached hydrogens (tertiary/aromatic N) is 1. The first-order valence-electron chi connectivity index (χ1n) is 8.22. The first-order valence-corrected chi connectivity index (χ1v) is 8.22. The van der Waals surface area contributed by atoms with Crippen LogP contribution in [0.3, 0.4) is 0 Å². The van der Waals surface area contributed by atoms with Crippen LogP contribution in [-0.2, 0) is 11.3 Å². The quantitative estimate of drug-likeness (QED) is 0.846. The molecule has 2 N–H and O–H groups in total. The van der Waals surface area contributed by atoms with E-state index >= 15 is 0 Å². The molecule has 122 valence electrons. The Morgan fingerprint density at radius 2 is 2.05 bits per heavy atom. The first kappa shape index (κ1) is 17.0. The van der Waals surface area contributed by atoms with Crippen LogP contribution in [0.4, 0.5) is 0 Å². The molecule has 22 heavy (non-hydrogen) atoms. The molecule has 1 amide bonds. The molecule has 0 aromatic heterocycles. The smallest absolute Gasteiger partial charge is 0.234 e. The third-order valence-electron chi connectivity index (χ3n) is 4.66. The van der Waals surface area contributed by atoms with Crippen LogP contribution in [0, 0.1) is 12.8 Å². The highest BCUT2D eigenvalue weighted by molar-refractivity contribution is 5.78. The number of carbonyl (C=O) groups is 1. The van der Waals surface area contributed by atoms with Crippen LogP contribution >= 0.6 is 0 Å². The molecule has 0 heterocycles. The summed E-state index contributed by atoms with van der Waals surface area (Å²) in [4.78, 5) is 14.2. The highest BCUT2D eigenvalue weighted by atomic mass is 16.3. The molecule has 0 bridgehead atoms. The predicted octanol–water partition coefficient (Wildman–Crippen LogP) is 2.09. The Morgan fingerprint density at radius 1 is 1.32 bits per heavy atom. The van der Waals surface area contributed by atoms with Gasteiger partial charge < -0.3 is 10.4 Å². The summed E-state index contributed by atoms with van der Waals surface area (Å²) in [5.74, 6) is 0.535. The van der Waals surface area contributed by atoms with Gasteiger partial charge in [-0.25, -0.2) is 0 Å². The van der Waals surface area contributed by atoms with E-state index in [0.717, 1.165) is 31.2 Å². The molecule has 4 nitrogen and oxygen atoms in total. The van der Waals surface area contributed by atoms with Crippen molar-refractivity contribution < 1.29 is 9.90 Å². The number of amides is 1. The molecule has 0 unspecified atom stereocenters.